The van der Waals surface area contributed by atoms with Crippen LogP contribution in [0.5, 0.6) is 0 Å². The van der Waals surface area contributed by atoms with E-state index in [0.717, 1.165) is 26.4 Å². The van der Waals surface area contributed by atoms with Crippen LogP contribution >= 0.6 is 11.3 Å². The van der Waals surface area contributed by atoms with Crippen molar-refractivity contribution in [1.82, 2.24) is 4.98 Å². The maximum Gasteiger partial charge on any atom is 0.228 e. The van der Waals surface area contributed by atoms with Gasteiger partial charge in [0, 0.05) is 5.56 Å². The highest BCUT2D eigenvalue weighted by molar-refractivity contribution is 7.92. The molecule has 1 N–H and O–H groups in total. The number of hydrogen-bond acceptors (Lipinski definition) is 5. The molecule has 0 atom stereocenters. The molecule has 3 aromatic carbocycles. The van der Waals surface area contributed by atoms with Crippen LogP contribution in [0.3, 0.4) is 0 Å². The number of benzene rings is 3. The lowest BCUT2D eigenvalue weighted by Gasteiger charge is -2.10. The fourth-order valence-electron chi connectivity index (χ4n) is 3.21. The number of sulfone groups is 1. The summed E-state index contributed by atoms with van der Waals surface area (Å²) in [7, 11) is -3.32. The van der Waals surface area contributed by atoms with Crippen LogP contribution in [0.4, 0.5) is 5.69 Å². The monoisotopic (exact) mass is 450 g/mol. The zero-order valence-electron chi connectivity index (χ0n) is 17.2. The van der Waals surface area contributed by atoms with Gasteiger partial charge in [0.2, 0.25) is 5.91 Å². The number of hydrogen-bond donors (Lipinski definition) is 1. The predicted molar refractivity (Wildman–Crippen MR) is 126 cm³/mol. The number of fused-ring (bicyclic) bond motifs is 1. The molecule has 0 unspecified atom stereocenters. The molecule has 31 heavy (non-hydrogen) atoms. The van der Waals surface area contributed by atoms with Crippen LogP contribution < -0.4 is 5.32 Å². The van der Waals surface area contributed by atoms with Crippen LogP contribution in [0.2, 0.25) is 0 Å². The molecule has 0 aliphatic heterocycles. The van der Waals surface area contributed by atoms with E-state index in [-0.39, 0.29) is 17.2 Å². The molecule has 4 rings (SSSR count). The molecule has 0 saturated heterocycles. The third kappa shape index (κ3) is 4.52. The van der Waals surface area contributed by atoms with E-state index in [2.05, 4.69) is 5.32 Å². The molecular weight excluding hydrogens is 428 g/mol. The Bertz CT molecular complexity index is 1310. The normalized spacial score (nSPS) is 11.7. The van der Waals surface area contributed by atoms with Gasteiger partial charge in [0.15, 0.2) is 9.84 Å². The Morgan fingerprint density at radius 1 is 0.968 bits per heavy atom. The average Bonchev–Trinajstić information content (AvgIpc) is 3.18. The molecule has 0 saturated carbocycles. The van der Waals surface area contributed by atoms with Gasteiger partial charge >= 0.3 is 0 Å². The Morgan fingerprint density at radius 3 is 2.35 bits per heavy atom. The SMILES string of the molecule is CC(C)S(=O)(=O)c1ccc(CC(=O)Nc2ccccc2-c2nc3ccccc3s2)cc1. The van der Waals surface area contributed by atoms with Gasteiger partial charge in [0.1, 0.15) is 5.01 Å². The van der Waals surface area contributed by atoms with Crippen molar-refractivity contribution in [2.24, 2.45) is 0 Å². The molecule has 0 aliphatic carbocycles. The van der Waals surface area contributed by atoms with Gasteiger partial charge in [-0.05, 0) is 55.8 Å². The van der Waals surface area contributed by atoms with Crippen LogP contribution in [0.15, 0.2) is 77.7 Å². The first-order valence-electron chi connectivity index (χ1n) is 9.92. The van der Waals surface area contributed by atoms with Crippen molar-refractivity contribution in [3.8, 4) is 10.6 Å². The largest absolute Gasteiger partial charge is 0.325 e. The van der Waals surface area contributed by atoms with Crippen molar-refractivity contribution >= 4 is 43.0 Å². The summed E-state index contributed by atoms with van der Waals surface area (Å²) < 4.78 is 25.6. The lowest BCUT2D eigenvalue weighted by atomic mass is 10.1. The summed E-state index contributed by atoms with van der Waals surface area (Å²) in [5.41, 5.74) is 3.25. The van der Waals surface area contributed by atoms with E-state index in [1.54, 1.807) is 49.4 Å². The highest BCUT2D eigenvalue weighted by Crippen LogP contribution is 2.34. The van der Waals surface area contributed by atoms with Crippen LogP contribution in [0, 0.1) is 0 Å². The second kappa shape index (κ2) is 8.61. The molecule has 1 heterocycles. The Kier molecular flexibility index (Phi) is 5.89. The van der Waals surface area contributed by atoms with Gasteiger partial charge < -0.3 is 5.32 Å². The van der Waals surface area contributed by atoms with Gasteiger partial charge in [-0.25, -0.2) is 13.4 Å². The van der Waals surface area contributed by atoms with E-state index < -0.39 is 15.1 Å². The predicted octanol–water partition coefficient (Wildman–Crippen LogP) is 5.33. The van der Waals surface area contributed by atoms with E-state index in [1.807, 2.05) is 48.5 Å². The third-order valence-corrected chi connectivity index (χ3v) is 8.20. The molecular formula is C24H22N2O3S2. The molecule has 0 fully saturated rings. The number of thiazole rings is 1. The van der Waals surface area contributed by atoms with E-state index in [1.165, 1.54) is 0 Å². The van der Waals surface area contributed by atoms with Gasteiger partial charge in [-0.3, -0.25) is 4.79 Å². The molecule has 5 nitrogen and oxygen atoms in total. The number of nitrogens with zero attached hydrogens (tertiary/aromatic N) is 1. The maximum atomic E-state index is 12.7. The average molecular weight is 451 g/mol. The number of carbonyl (C=O) groups is 1. The summed E-state index contributed by atoms with van der Waals surface area (Å²) >= 11 is 1.58. The van der Waals surface area contributed by atoms with Crippen LogP contribution in [0.25, 0.3) is 20.8 Å². The Morgan fingerprint density at radius 2 is 1.65 bits per heavy atom. The first kappa shape index (κ1) is 21.2. The zero-order valence-corrected chi connectivity index (χ0v) is 18.8. The van der Waals surface area contributed by atoms with Gasteiger partial charge in [-0.2, -0.15) is 0 Å². The highest BCUT2D eigenvalue weighted by atomic mass is 32.2. The summed E-state index contributed by atoms with van der Waals surface area (Å²) in [5.74, 6) is -0.173. The van der Waals surface area contributed by atoms with Crippen LogP contribution in [-0.2, 0) is 21.1 Å². The molecule has 0 spiro atoms. The first-order valence-corrected chi connectivity index (χ1v) is 12.3. The van der Waals surface area contributed by atoms with Crippen molar-refractivity contribution in [2.75, 3.05) is 5.32 Å². The minimum Gasteiger partial charge on any atom is -0.325 e. The van der Waals surface area contributed by atoms with Crippen LogP contribution in [-0.4, -0.2) is 24.6 Å². The van der Waals surface area contributed by atoms with E-state index in [4.69, 9.17) is 4.98 Å². The number of para-hydroxylation sites is 2. The number of rotatable bonds is 6. The van der Waals surface area contributed by atoms with Crippen molar-refractivity contribution in [3.05, 3.63) is 78.4 Å². The van der Waals surface area contributed by atoms with E-state index in [9.17, 15) is 13.2 Å². The topological polar surface area (TPSA) is 76.1 Å². The number of nitrogens with one attached hydrogen (secondary N) is 1. The van der Waals surface area contributed by atoms with Crippen molar-refractivity contribution in [2.45, 2.75) is 30.4 Å². The molecule has 1 amide bonds. The Balaban J connectivity index is 1.52. The van der Waals surface area contributed by atoms with Gasteiger partial charge in [0.25, 0.3) is 0 Å². The fourth-order valence-corrected chi connectivity index (χ4v) is 5.28. The number of carbonyl (C=O) groups excluding carboxylic acids is 1. The first-order chi connectivity index (χ1) is 14.8. The van der Waals surface area contributed by atoms with E-state index in [0.29, 0.717) is 5.69 Å². The molecule has 0 bridgehead atoms. The maximum absolute atomic E-state index is 12.7. The third-order valence-electron chi connectivity index (χ3n) is 4.96. The summed E-state index contributed by atoms with van der Waals surface area (Å²) in [6, 6.07) is 22.0. The Hall–Kier alpha value is -3.03. The number of aromatic nitrogens is 1. The summed E-state index contributed by atoms with van der Waals surface area (Å²) in [6.07, 6.45) is 0.149. The molecule has 158 valence electrons. The fraction of sp³-hybridized carbons (Fsp3) is 0.167. The van der Waals surface area contributed by atoms with Crippen molar-refractivity contribution in [3.63, 3.8) is 0 Å². The van der Waals surface area contributed by atoms with Gasteiger partial charge in [-0.1, -0.05) is 36.4 Å². The molecule has 0 aliphatic rings. The van der Waals surface area contributed by atoms with Crippen molar-refractivity contribution in [1.29, 1.82) is 0 Å². The quantitative estimate of drug-likeness (QED) is 0.431. The second-order valence-corrected chi connectivity index (χ2v) is 11.0. The van der Waals surface area contributed by atoms with Crippen molar-refractivity contribution < 1.29 is 13.2 Å². The lowest BCUT2D eigenvalue weighted by molar-refractivity contribution is -0.115. The summed E-state index contributed by atoms with van der Waals surface area (Å²) in [5, 5.41) is 3.34. The number of anilines is 1. The summed E-state index contributed by atoms with van der Waals surface area (Å²) in [6.45, 7) is 3.30. The Labute approximate surface area is 185 Å². The number of amides is 1. The van der Waals surface area contributed by atoms with Gasteiger partial charge in [-0.15, -0.1) is 11.3 Å². The second-order valence-electron chi connectivity index (χ2n) is 7.49. The smallest absolute Gasteiger partial charge is 0.228 e. The molecule has 4 aromatic rings. The lowest BCUT2D eigenvalue weighted by Crippen LogP contribution is -2.16. The van der Waals surface area contributed by atoms with E-state index >= 15 is 0 Å². The zero-order chi connectivity index (χ0) is 22.0. The van der Waals surface area contributed by atoms with Crippen LogP contribution in [0.1, 0.15) is 19.4 Å². The standard InChI is InChI=1S/C24H22N2O3S2/c1-16(2)31(28,29)18-13-11-17(12-14-18)15-23(27)25-20-8-4-3-7-19(20)24-26-21-9-5-6-10-22(21)30-24/h3-14,16H,15H2,1-2H3,(H,25,27). The summed E-state index contributed by atoms with van der Waals surface area (Å²) in [4.78, 5) is 17.6. The molecule has 7 heteroatoms. The van der Waals surface area contributed by atoms with Gasteiger partial charge in [0.05, 0.1) is 32.5 Å². The molecule has 1 aromatic heterocycles. The minimum atomic E-state index is -3.32. The minimum absolute atomic E-state index is 0.149. The molecule has 0 radical (unpaired) electrons. The highest BCUT2D eigenvalue weighted by Gasteiger charge is 2.19.